The number of alkyl halides is 3. The van der Waals surface area contributed by atoms with E-state index in [0.717, 1.165) is 19.5 Å². The van der Waals surface area contributed by atoms with Crippen LogP contribution >= 0.6 is 0 Å². The molecule has 1 amide bonds. The van der Waals surface area contributed by atoms with Crippen molar-refractivity contribution in [2.45, 2.75) is 25.2 Å². The van der Waals surface area contributed by atoms with Gasteiger partial charge < -0.3 is 19.3 Å². The molecule has 1 aliphatic rings. The molecule has 0 saturated carbocycles. The molecule has 0 aliphatic carbocycles. The third-order valence-corrected chi connectivity index (χ3v) is 5.80. The molecule has 1 atom stereocenters. The van der Waals surface area contributed by atoms with Crippen LogP contribution in [-0.2, 0) is 19.1 Å². The Kier molecular flexibility index (Phi) is 5.99. The zero-order valence-corrected chi connectivity index (χ0v) is 18.4. The summed E-state index contributed by atoms with van der Waals surface area (Å²) in [7, 11) is 0. The number of hydrogen-bond donors (Lipinski definition) is 2. The molecule has 5 rings (SSSR count). The van der Waals surface area contributed by atoms with E-state index >= 15 is 0 Å². The van der Waals surface area contributed by atoms with Gasteiger partial charge in [0.2, 0.25) is 5.82 Å². The van der Waals surface area contributed by atoms with Crippen LogP contribution in [0.1, 0.15) is 27.5 Å². The Morgan fingerprint density at radius 1 is 1.20 bits per heavy atom. The van der Waals surface area contributed by atoms with E-state index in [1.165, 1.54) is 35.7 Å². The van der Waals surface area contributed by atoms with Crippen LogP contribution in [0.2, 0.25) is 0 Å². The van der Waals surface area contributed by atoms with Crippen molar-refractivity contribution in [3.05, 3.63) is 71.5 Å². The van der Waals surface area contributed by atoms with E-state index < -0.39 is 24.1 Å². The van der Waals surface area contributed by atoms with E-state index in [1.54, 1.807) is 4.40 Å². The van der Waals surface area contributed by atoms with Gasteiger partial charge in [0.1, 0.15) is 11.3 Å². The summed E-state index contributed by atoms with van der Waals surface area (Å²) >= 11 is 0. The molecule has 182 valence electrons. The molecular formula is C23H21F3N6O3. The van der Waals surface area contributed by atoms with E-state index in [9.17, 15) is 23.1 Å². The predicted octanol–water partition coefficient (Wildman–Crippen LogP) is 2.55. The van der Waals surface area contributed by atoms with Crippen molar-refractivity contribution in [1.29, 1.82) is 0 Å². The number of aliphatic hydroxyl groups excluding tert-OH is 1. The van der Waals surface area contributed by atoms with E-state index in [-0.39, 0.29) is 23.6 Å². The van der Waals surface area contributed by atoms with Gasteiger partial charge in [-0.25, -0.2) is 4.98 Å². The van der Waals surface area contributed by atoms with Crippen molar-refractivity contribution >= 4 is 11.6 Å². The zero-order valence-electron chi connectivity index (χ0n) is 18.4. The highest BCUT2D eigenvalue weighted by atomic mass is 19.4. The number of benzene rings is 1. The number of nitrogens with one attached hydrogen (secondary N) is 1. The molecular weight excluding hydrogens is 465 g/mol. The second-order valence-electron chi connectivity index (χ2n) is 8.35. The number of β-amino-alcohol motifs (C(OH)–C–C–N with tert-alkyl or cyclic N) is 1. The number of rotatable bonds is 6. The van der Waals surface area contributed by atoms with Crippen LogP contribution in [0.4, 0.5) is 13.2 Å². The maximum Gasteiger partial charge on any atom is 0.471 e. The zero-order chi connectivity index (χ0) is 24.6. The molecule has 35 heavy (non-hydrogen) atoms. The van der Waals surface area contributed by atoms with E-state index in [0.29, 0.717) is 12.2 Å². The summed E-state index contributed by atoms with van der Waals surface area (Å²) in [6.45, 7) is 2.06. The lowest BCUT2D eigenvalue weighted by molar-refractivity contribution is -0.159. The molecule has 9 nitrogen and oxygen atoms in total. The monoisotopic (exact) mass is 486 g/mol. The van der Waals surface area contributed by atoms with Gasteiger partial charge in [-0.05, 0) is 29.7 Å². The quantitative estimate of drug-likeness (QED) is 0.431. The van der Waals surface area contributed by atoms with E-state index in [1.807, 2.05) is 12.1 Å². The van der Waals surface area contributed by atoms with Crippen molar-refractivity contribution in [3.63, 3.8) is 0 Å². The first kappa shape index (κ1) is 23.0. The number of aromatic nitrogens is 4. The van der Waals surface area contributed by atoms with Crippen molar-refractivity contribution in [2.75, 3.05) is 19.6 Å². The van der Waals surface area contributed by atoms with Crippen molar-refractivity contribution in [2.24, 2.45) is 0 Å². The fourth-order valence-corrected chi connectivity index (χ4v) is 4.06. The summed E-state index contributed by atoms with van der Waals surface area (Å²) in [6.07, 6.45) is -1.56. The molecule has 0 saturated heterocycles. The minimum absolute atomic E-state index is 0.0547. The molecule has 0 fully saturated rings. The molecule has 0 unspecified atom stereocenters. The maximum atomic E-state index is 12.7. The average molecular weight is 486 g/mol. The number of carbonyl (C=O) groups is 1. The summed E-state index contributed by atoms with van der Waals surface area (Å²) < 4.78 is 43.9. The largest absolute Gasteiger partial charge is 0.471 e. The Labute approximate surface area is 197 Å². The van der Waals surface area contributed by atoms with Crippen molar-refractivity contribution < 1.29 is 27.6 Å². The van der Waals surface area contributed by atoms with Crippen LogP contribution in [0.25, 0.3) is 17.0 Å². The van der Waals surface area contributed by atoms with Crippen molar-refractivity contribution in [3.8, 4) is 11.4 Å². The smallest absolute Gasteiger partial charge is 0.390 e. The Morgan fingerprint density at radius 2 is 2.00 bits per heavy atom. The second-order valence-corrected chi connectivity index (χ2v) is 8.35. The second kappa shape index (κ2) is 9.12. The molecule has 0 bridgehead atoms. The number of nitrogens with zero attached hydrogens (tertiary/aromatic N) is 5. The predicted molar refractivity (Wildman–Crippen MR) is 117 cm³/mol. The van der Waals surface area contributed by atoms with Crippen LogP contribution in [-0.4, -0.2) is 61.2 Å². The Hall–Kier alpha value is -3.77. The molecule has 12 heteroatoms. The summed E-state index contributed by atoms with van der Waals surface area (Å²) in [5.74, 6) is -2.16. The topological polar surface area (TPSA) is 109 Å². The number of hydrogen-bond acceptors (Lipinski definition) is 7. The standard InChI is InChI=1S/C23H21F3N6O3/c24-23(25,26)22-29-20(30-35-22)15-6-8-32-13-18(28-19(32)9-15)21(34)27-10-17(33)12-31-7-5-14-3-1-2-4-16(14)11-31/h1-4,6,8-9,13,17,33H,5,7,10-12H2,(H,27,34)/t17-/m0/s1. The van der Waals surface area contributed by atoms with E-state index in [2.05, 4.69) is 42.0 Å². The Bertz CT molecular complexity index is 1370. The third-order valence-electron chi connectivity index (χ3n) is 5.80. The lowest BCUT2D eigenvalue weighted by atomic mass is 10.00. The van der Waals surface area contributed by atoms with E-state index in [4.69, 9.17) is 0 Å². The van der Waals surface area contributed by atoms with Crippen LogP contribution in [0.3, 0.4) is 0 Å². The fraction of sp³-hybridized carbons (Fsp3) is 0.304. The van der Waals surface area contributed by atoms with Gasteiger partial charge in [0.25, 0.3) is 5.91 Å². The number of amides is 1. The van der Waals surface area contributed by atoms with Gasteiger partial charge in [-0.2, -0.15) is 18.2 Å². The minimum Gasteiger partial charge on any atom is -0.390 e. The Balaban J connectivity index is 1.19. The molecule has 0 spiro atoms. The summed E-state index contributed by atoms with van der Waals surface area (Å²) in [4.78, 5) is 22.3. The molecule has 2 N–H and O–H groups in total. The summed E-state index contributed by atoms with van der Waals surface area (Å²) in [6, 6.07) is 11.2. The number of carbonyl (C=O) groups excluding carboxylic acids is 1. The fourth-order valence-electron chi connectivity index (χ4n) is 4.06. The first-order chi connectivity index (χ1) is 16.8. The number of aliphatic hydroxyl groups is 1. The number of fused-ring (bicyclic) bond motifs is 2. The molecule has 1 aliphatic heterocycles. The Morgan fingerprint density at radius 3 is 2.77 bits per heavy atom. The van der Waals surface area contributed by atoms with Gasteiger partial charge in [0, 0.05) is 44.1 Å². The van der Waals surface area contributed by atoms with Crippen LogP contribution < -0.4 is 5.32 Å². The number of pyridine rings is 1. The molecule has 4 aromatic rings. The molecule has 0 radical (unpaired) electrons. The van der Waals surface area contributed by atoms with Gasteiger partial charge in [-0.15, -0.1) is 0 Å². The maximum absolute atomic E-state index is 12.7. The molecule has 4 heterocycles. The number of imidazole rings is 1. The first-order valence-electron chi connectivity index (χ1n) is 10.9. The SMILES string of the molecule is O=C(NC[C@H](O)CN1CCc2ccccc2C1)c1cn2ccc(-c3noc(C(F)(F)F)n3)cc2n1. The molecule has 3 aromatic heterocycles. The first-order valence-corrected chi connectivity index (χ1v) is 10.9. The van der Waals surface area contributed by atoms with Crippen molar-refractivity contribution in [1.82, 2.24) is 29.7 Å². The highest BCUT2D eigenvalue weighted by Crippen LogP contribution is 2.29. The van der Waals surface area contributed by atoms with Gasteiger partial charge in [0.15, 0.2) is 0 Å². The van der Waals surface area contributed by atoms with Gasteiger partial charge in [0.05, 0.1) is 6.10 Å². The summed E-state index contributed by atoms with van der Waals surface area (Å²) in [5, 5.41) is 16.5. The lowest BCUT2D eigenvalue weighted by Crippen LogP contribution is -2.42. The molecule has 1 aromatic carbocycles. The normalized spacial score (nSPS) is 15.2. The third kappa shape index (κ3) is 5.03. The minimum atomic E-state index is -4.74. The number of halogens is 3. The van der Waals surface area contributed by atoms with Crippen LogP contribution in [0, 0.1) is 0 Å². The van der Waals surface area contributed by atoms with Gasteiger partial charge >= 0.3 is 12.1 Å². The van der Waals surface area contributed by atoms with Gasteiger partial charge in [-0.3, -0.25) is 9.69 Å². The highest BCUT2D eigenvalue weighted by Gasteiger charge is 2.38. The van der Waals surface area contributed by atoms with Crippen LogP contribution in [0.15, 0.2) is 53.3 Å². The van der Waals surface area contributed by atoms with Gasteiger partial charge in [-0.1, -0.05) is 29.4 Å². The lowest BCUT2D eigenvalue weighted by Gasteiger charge is -2.30. The highest BCUT2D eigenvalue weighted by molar-refractivity contribution is 5.93. The summed E-state index contributed by atoms with van der Waals surface area (Å²) in [5.41, 5.74) is 3.24. The van der Waals surface area contributed by atoms with Crippen LogP contribution in [0.5, 0.6) is 0 Å². The average Bonchev–Trinajstić information content (AvgIpc) is 3.49.